The molecular formula is C19H19ClF3N3O2. The van der Waals surface area contributed by atoms with E-state index < -0.39 is 25.2 Å². The highest BCUT2D eigenvalue weighted by Gasteiger charge is 2.35. The van der Waals surface area contributed by atoms with Crippen LogP contribution in [0, 0.1) is 6.92 Å². The average Bonchev–Trinajstić information content (AvgIpc) is 3.01. The highest BCUT2D eigenvalue weighted by molar-refractivity contribution is 6.30. The summed E-state index contributed by atoms with van der Waals surface area (Å²) in [5.41, 5.74) is 3.11. The molecule has 0 N–H and O–H groups in total. The Bertz CT molecular complexity index is 876. The van der Waals surface area contributed by atoms with E-state index in [9.17, 15) is 18.0 Å². The molecule has 1 aliphatic heterocycles. The van der Waals surface area contributed by atoms with Crippen LogP contribution in [0.1, 0.15) is 47.7 Å². The van der Waals surface area contributed by atoms with Gasteiger partial charge in [0.15, 0.2) is 0 Å². The lowest BCUT2D eigenvalue weighted by Gasteiger charge is -2.28. The zero-order chi connectivity index (χ0) is 20.5. The van der Waals surface area contributed by atoms with Crippen LogP contribution in [0.15, 0.2) is 24.5 Å². The van der Waals surface area contributed by atoms with Crippen LogP contribution in [0.2, 0.25) is 5.15 Å². The molecule has 3 heterocycles. The molecule has 0 aliphatic carbocycles. The Morgan fingerprint density at radius 2 is 2.18 bits per heavy atom. The molecule has 0 radical (unpaired) electrons. The first-order valence-electron chi connectivity index (χ1n) is 8.71. The second-order valence-electron chi connectivity index (χ2n) is 6.70. The SMILES string of the molecule is Cc1cc(C(C)N2Cc3c(ccnc3Cl)C2C=O)cnc1OCCC(F)(F)F. The summed E-state index contributed by atoms with van der Waals surface area (Å²) in [7, 11) is 0. The fourth-order valence-electron chi connectivity index (χ4n) is 3.32. The molecule has 9 heteroatoms. The predicted octanol–water partition coefficient (Wildman–Crippen LogP) is 4.59. The quantitative estimate of drug-likeness (QED) is 0.512. The Balaban J connectivity index is 1.76. The van der Waals surface area contributed by atoms with Gasteiger partial charge in [-0.3, -0.25) is 4.90 Å². The predicted molar refractivity (Wildman–Crippen MR) is 97.2 cm³/mol. The van der Waals surface area contributed by atoms with Gasteiger partial charge in [-0.2, -0.15) is 13.2 Å². The van der Waals surface area contributed by atoms with Crippen molar-refractivity contribution in [2.75, 3.05) is 6.61 Å². The maximum absolute atomic E-state index is 12.3. The number of hydrogen-bond acceptors (Lipinski definition) is 5. The lowest BCUT2D eigenvalue weighted by atomic mass is 10.0. The number of halogens is 4. The molecule has 1 aliphatic rings. The summed E-state index contributed by atoms with van der Waals surface area (Å²) in [5, 5.41) is 0.377. The number of aldehydes is 1. The number of aromatic nitrogens is 2. The molecule has 150 valence electrons. The van der Waals surface area contributed by atoms with E-state index in [2.05, 4.69) is 9.97 Å². The Labute approximate surface area is 165 Å². The van der Waals surface area contributed by atoms with E-state index >= 15 is 0 Å². The first-order valence-corrected chi connectivity index (χ1v) is 9.09. The van der Waals surface area contributed by atoms with Crippen LogP contribution in [0.25, 0.3) is 0 Å². The number of ether oxygens (including phenoxy) is 1. The fraction of sp³-hybridized carbons (Fsp3) is 0.421. The van der Waals surface area contributed by atoms with E-state index in [1.165, 1.54) is 0 Å². The lowest BCUT2D eigenvalue weighted by molar-refractivity contribution is -0.139. The molecule has 0 bridgehead atoms. The van der Waals surface area contributed by atoms with Crippen LogP contribution < -0.4 is 4.74 Å². The van der Waals surface area contributed by atoms with Gasteiger partial charge in [0.1, 0.15) is 11.4 Å². The second-order valence-corrected chi connectivity index (χ2v) is 7.06. The van der Waals surface area contributed by atoms with Crippen molar-refractivity contribution in [2.24, 2.45) is 0 Å². The minimum Gasteiger partial charge on any atom is -0.477 e. The van der Waals surface area contributed by atoms with Crippen molar-refractivity contribution in [1.82, 2.24) is 14.9 Å². The molecule has 0 saturated carbocycles. The third-order valence-electron chi connectivity index (χ3n) is 4.84. The number of hydrogen-bond donors (Lipinski definition) is 0. The smallest absolute Gasteiger partial charge is 0.392 e. The number of nitrogens with zero attached hydrogens (tertiary/aromatic N) is 3. The molecule has 2 aromatic rings. The molecule has 2 atom stereocenters. The van der Waals surface area contributed by atoms with E-state index in [0.29, 0.717) is 17.3 Å². The molecular weight excluding hydrogens is 395 g/mol. The van der Waals surface area contributed by atoms with Crippen molar-refractivity contribution in [3.05, 3.63) is 51.9 Å². The van der Waals surface area contributed by atoms with Gasteiger partial charge in [0.2, 0.25) is 5.88 Å². The minimum absolute atomic E-state index is 0.170. The number of alkyl halides is 3. The highest BCUT2D eigenvalue weighted by Crippen LogP contribution is 2.40. The van der Waals surface area contributed by atoms with Crippen LogP contribution in [0.4, 0.5) is 13.2 Å². The largest absolute Gasteiger partial charge is 0.477 e. The molecule has 5 nitrogen and oxygen atoms in total. The maximum atomic E-state index is 12.3. The molecule has 2 aromatic heterocycles. The molecule has 3 rings (SSSR count). The van der Waals surface area contributed by atoms with Crippen LogP contribution in [-0.2, 0) is 11.3 Å². The van der Waals surface area contributed by atoms with Crippen molar-refractivity contribution in [3.8, 4) is 5.88 Å². The van der Waals surface area contributed by atoms with Crippen LogP contribution in [-0.4, -0.2) is 33.9 Å². The van der Waals surface area contributed by atoms with E-state index in [1.54, 1.807) is 25.4 Å². The number of rotatable bonds is 6. The van der Waals surface area contributed by atoms with Gasteiger partial charge in [0, 0.05) is 36.1 Å². The van der Waals surface area contributed by atoms with Gasteiger partial charge in [-0.25, -0.2) is 9.97 Å². The molecule has 0 fully saturated rings. The van der Waals surface area contributed by atoms with Crippen molar-refractivity contribution in [1.29, 1.82) is 0 Å². The molecule has 0 spiro atoms. The average molecular weight is 414 g/mol. The standard InChI is InChI=1S/C19H19ClF3N3O2/c1-11-7-13(8-25-18(11)28-6-4-19(21,22)23)12(2)26-9-15-14(16(26)10-27)3-5-24-17(15)20/h3,5,7-8,10,12,16H,4,6,9H2,1-2H3. The van der Waals surface area contributed by atoms with E-state index in [1.807, 2.05) is 17.9 Å². The van der Waals surface area contributed by atoms with Gasteiger partial charge in [0.05, 0.1) is 19.1 Å². The maximum Gasteiger partial charge on any atom is 0.392 e. The molecule has 0 amide bonds. The van der Waals surface area contributed by atoms with Gasteiger partial charge < -0.3 is 9.53 Å². The summed E-state index contributed by atoms with van der Waals surface area (Å²) in [6.07, 6.45) is -1.30. The number of fused-ring (bicyclic) bond motifs is 1. The Morgan fingerprint density at radius 1 is 1.43 bits per heavy atom. The minimum atomic E-state index is -4.27. The zero-order valence-corrected chi connectivity index (χ0v) is 16.1. The molecule has 0 aromatic carbocycles. The normalized spacial score (nSPS) is 18.0. The van der Waals surface area contributed by atoms with Crippen molar-refractivity contribution in [2.45, 2.75) is 45.1 Å². The number of aryl methyl sites for hydroxylation is 1. The lowest BCUT2D eigenvalue weighted by Crippen LogP contribution is -2.26. The van der Waals surface area contributed by atoms with Crippen LogP contribution in [0.3, 0.4) is 0 Å². The summed E-state index contributed by atoms with van der Waals surface area (Å²) in [6, 6.07) is 2.97. The summed E-state index contributed by atoms with van der Waals surface area (Å²) >= 11 is 6.17. The first-order chi connectivity index (χ1) is 13.2. The van der Waals surface area contributed by atoms with Crippen molar-refractivity contribution < 1.29 is 22.7 Å². The highest BCUT2D eigenvalue weighted by atomic mass is 35.5. The van der Waals surface area contributed by atoms with Gasteiger partial charge in [-0.1, -0.05) is 11.6 Å². The van der Waals surface area contributed by atoms with E-state index in [4.69, 9.17) is 16.3 Å². The first kappa shape index (κ1) is 20.5. The molecule has 0 saturated heterocycles. The Morgan fingerprint density at radius 3 is 2.82 bits per heavy atom. The molecule has 2 unspecified atom stereocenters. The van der Waals surface area contributed by atoms with Gasteiger partial charge in [0.25, 0.3) is 0 Å². The monoisotopic (exact) mass is 413 g/mol. The van der Waals surface area contributed by atoms with E-state index in [-0.39, 0.29) is 11.9 Å². The van der Waals surface area contributed by atoms with Crippen LogP contribution >= 0.6 is 11.6 Å². The summed E-state index contributed by atoms with van der Waals surface area (Å²) in [4.78, 5) is 21.9. The number of pyridine rings is 2. The summed E-state index contributed by atoms with van der Waals surface area (Å²) in [6.45, 7) is 3.65. The summed E-state index contributed by atoms with van der Waals surface area (Å²) in [5.74, 6) is 0.170. The van der Waals surface area contributed by atoms with Crippen LogP contribution in [0.5, 0.6) is 5.88 Å². The summed E-state index contributed by atoms with van der Waals surface area (Å²) < 4.78 is 41.9. The molecule has 28 heavy (non-hydrogen) atoms. The Kier molecular flexibility index (Phi) is 5.90. The van der Waals surface area contributed by atoms with Gasteiger partial charge in [-0.15, -0.1) is 0 Å². The van der Waals surface area contributed by atoms with Crippen molar-refractivity contribution >= 4 is 17.9 Å². The van der Waals surface area contributed by atoms with Crippen molar-refractivity contribution in [3.63, 3.8) is 0 Å². The van der Waals surface area contributed by atoms with Gasteiger partial charge >= 0.3 is 6.18 Å². The third kappa shape index (κ3) is 4.28. The third-order valence-corrected chi connectivity index (χ3v) is 5.17. The zero-order valence-electron chi connectivity index (χ0n) is 15.3. The Hall–Kier alpha value is -2.19. The number of carbonyl (C=O) groups excluding carboxylic acids is 1. The fourth-order valence-corrected chi connectivity index (χ4v) is 3.55. The van der Waals surface area contributed by atoms with E-state index in [0.717, 1.165) is 23.0 Å². The number of carbonyl (C=O) groups is 1. The second kappa shape index (κ2) is 8.05. The topological polar surface area (TPSA) is 55.3 Å². The van der Waals surface area contributed by atoms with Gasteiger partial charge in [-0.05, 0) is 37.1 Å².